The zero-order valence-corrected chi connectivity index (χ0v) is 21.1. The Morgan fingerprint density at radius 3 is 2.38 bits per heavy atom. The average molecular weight is 471 g/mol. The van der Waals surface area contributed by atoms with Crippen LogP contribution in [-0.4, -0.2) is 32.9 Å². The van der Waals surface area contributed by atoms with Gasteiger partial charge in [0, 0.05) is 6.42 Å². The fourth-order valence-corrected chi connectivity index (χ4v) is 9.65. The van der Waals surface area contributed by atoms with Gasteiger partial charge in [0.15, 0.2) is 0 Å². The van der Waals surface area contributed by atoms with E-state index in [2.05, 4.69) is 20.8 Å². The van der Waals surface area contributed by atoms with Crippen LogP contribution in [0.5, 0.6) is 0 Å². The molecule has 0 aromatic heterocycles. The second-order valence-electron chi connectivity index (χ2n) is 12.2. The molecule has 7 heteroatoms. The van der Waals surface area contributed by atoms with E-state index in [4.69, 9.17) is 4.52 Å². The molecule has 4 aliphatic carbocycles. The van der Waals surface area contributed by atoms with Crippen LogP contribution in [0, 0.1) is 46.3 Å². The molecule has 0 aromatic carbocycles. The van der Waals surface area contributed by atoms with Gasteiger partial charge in [-0.1, -0.05) is 20.8 Å². The van der Waals surface area contributed by atoms with Gasteiger partial charge in [-0.25, -0.2) is 4.57 Å². The normalized spacial score (nSPS) is 47.3. The molecule has 4 saturated carbocycles. The van der Waals surface area contributed by atoms with Crippen molar-refractivity contribution in [1.29, 1.82) is 0 Å². The van der Waals surface area contributed by atoms with E-state index in [1.807, 2.05) is 0 Å². The number of aliphatic hydroxyl groups is 1. The Kier molecular flexibility index (Phi) is 6.80. The number of phosphoric ester groups is 1. The van der Waals surface area contributed by atoms with E-state index >= 15 is 0 Å². The molecule has 32 heavy (non-hydrogen) atoms. The Labute approximate surface area is 193 Å². The molecule has 4 aliphatic rings. The fourth-order valence-electron chi connectivity index (χ4n) is 9.07. The molecule has 0 heterocycles. The van der Waals surface area contributed by atoms with Crippen molar-refractivity contribution in [2.24, 2.45) is 46.3 Å². The highest BCUT2D eigenvalue weighted by Crippen LogP contribution is 2.69. The van der Waals surface area contributed by atoms with Crippen LogP contribution in [0.3, 0.4) is 0 Å². The largest absolute Gasteiger partial charge is 0.469 e. The minimum atomic E-state index is -4.60. The zero-order chi connectivity index (χ0) is 23.5. The number of rotatable bonds is 6. The van der Waals surface area contributed by atoms with Crippen LogP contribution < -0.4 is 0 Å². The van der Waals surface area contributed by atoms with Gasteiger partial charge in [-0.2, -0.15) is 0 Å². The number of hydrogen-bond acceptors (Lipinski definition) is 4. The number of phosphoric acid groups is 1. The Morgan fingerprint density at radius 2 is 1.72 bits per heavy atom. The van der Waals surface area contributed by atoms with Crippen LogP contribution in [0.2, 0.25) is 0 Å². The van der Waals surface area contributed by atoms with E-state index in [9.17, 15) is 24.3 Å². The first-order valence-corrected chi connectivity index (χ1v) is 14.3. The van der Waals surface area contributed by atoms with E-state index in [1.54, 1.807) is 6.92 Å². The summed E-state index contributed by atoms with van der Waals surface area (Å²) in [6.45, 7) is 8.74. The van der Waals surface area contributed by atoms with Gasteiger partial charge in [0.1, 0.15) is 5.78 Å². The van der Waals surface area contributed by atoms with Crippen LogP contribution in [0.15, 0.2) is 0 Å². The van der Waals surface area contributed by atoms with Crippen LogP contribution in [0.4, 0.5) is 0 Å². The van der Waals surface area contributed by atoms with Crippen LogP contribution in [-0.2, 0) is 13.9 Å². The van der Waals surface area contributed by atoms with Gasteiger partial charge in [-0.15, -0.1) is 0 Å². The smallest absolute Gasteiger partial charge is 0.393 e. The Balaban J connectivity index is 1.64. The van der Waals surface area contributed by atoms with Crippen molar-refractivity contribution in [3.8, 4) is 0 Å². The van der Waals surface area contributed by atoms with Crippen LogP contribution >= 0.6 is 7.82 Å². The summed E-state index contributed by atoms with van der Waals surface area (Å²) in [6.07, 6.45) is 8.39. The molecule has 6 nitrogen and oxygen atoms in total. The third-order valence-corrected chi connectivity index (χ3v) is 11.2. The van der Waals surface area contributed by atoms with Crippen molar-refractivity contribution in [3.63, 3.8) is 0 Å². The maximum absolute atomic E-state index is 12.0. The highest BCUT2D eigenvalue weighted by molar-refractivity contribution is 7.46. The second-order valence-corrected chi connectivity index (χ2v) is 13.4. The molecule has 0 amide bonds. The van der Waals surface area contributed by atoms with Crippen molar-refractivity contribution in [2.45, 2.75) is 104 Å². The standard InChI is InChI=1S/C25H43O6P/c1-15(5-6-16(2)26)19-7-8-20-23-21(10-12-25(19,20)4)24(3)11-9-18(27)13-17(24)14-22(23)31-32(28,29)30/h15,17-23,27H,5-14H2,1-4H3,(H2,28,29,30)/t15-,17+,18-,19-,20+,21+,22+,23+,24+,25-/m1/s1. The summed E-state index contributed by atoms with van der Waals surface area (Å²) in [5, 5.41) is 10.3. The average Bonchev–Trinajstić information content (AvgIpc) is 3.03. The van der Waals surface area contributed by atoms with Crippen LogP contribution in [0.1, 0.15) is 91.9 Å². The SMILES string of the molecule is CC(=O)CC[C@@H](C)[C@H]1CC[C@H]2[C@@H]3[C@@H](OP(=O)(O)O)C[C@@H]4C[C@H](O)CC[C@]4(C)[C@H]3CC[C@]12C. The van der Waals surface area contributed by atoms with Gasteiger partial charge in [-0.3, -0.25) is 4.52 Å². The minimum Gasteiger partial charge on any atom is -0.393 e. The van der Waals surface area contributed by atoms with Gasteiger partial charge >= 0.3 is 7.82 Å². The number of aliphatic hydroxyl groups excluding tert-OH is 1. The maximum Gasteiger partial charge on any atom is 0.469 e. The number of carbonyl (C=O) groups is 1. The highest BCUT2D eigenvalue weighted by atomic mass is 31.2. The number of Topliss-reactive ketones (excluding diaryl/α,β-unsaturated/α-hetero) is 1. The van der Waals surface area contributed by atoms with Gasteiger partial charge in [0.2, 0.25) is 0 Å². The first-order valence-electron chi connectivity index (χ1n) is 12.8. The molecule has 0 saturated heterocycles. The van der Waals surface area contributed by atoms with Crippen molar-refractivity contribution >= 4 is 13.6 Å². The predicted octanol–water partition coefficient (Wildman–Crippen LogP) is 5.10. The number of ketones is 1. The molecule has 3 N–H and O–H groups in total. The summed E-state index contributed by atoms with van der Waals surface area (Å²) in [4.78, 5) is 31.1. The molecular weight excluding hydrogens is 427 g/mol. The third-order valence-electron chi connectivity index (χ3n) is 10.6. The molecule has 0 spiro atoms. The Morgan fingerprint density at radius 1 is 1.06 bits per heavy atom. The van der Waals surface area contributed by atoms with Crippen molar-refractivity contribution in [1.82, 2.24) is 0 Å². The Hall–Kier alpha value is -0.260. The van der Waals surface area contributed by atoms with Crippen molar-refractivity contribution in [3.05, 3.63) is 0 Å². The summed E-state index contributed by atoms with van der Waals surface area (Å²) in [5.74, 6) is 2.46. The molecular formula is C25H43O6P. The first kappa shape index (κ1) is 24.9. The lowest BCUT2D eigenvalue weighted by atomic mass is 9.43. The molecule has 184 valence electrons. The first-order chi connectivity index (χ1) is 14.8. The molecule has 0 aliphatic heterocycles. The van der Waals surface area contributed by atoms with Crippen molar-refractivity contribution < 1.29 is 28.8 Å². The van der Waals surface area contributed by atoms with E-state index in [0.29, 0.717) is 42.9 Å². The molecule has 0 aromatic rings. The topological polar surface area (TPSA) is 104 Å². The van der Waals surface area contributed by atoms with Gasteiger partial charge in [-0.05, 0) is 111 Å². The molecule has 0 unspecified atom stereocenters. The van der Waals surface area contributed by atoms with Crippen molar-refractivity contribution in [2.75, 3.05) is 0 Å². The number of carbonyl (C=O) groups excluding carboxylic acids is 1. The summed E-state index contributed by atoms with van der Waals surface area (Å²) in [7, 11) is -4.60. The number of fused-ring (bicyclic) bond motifs is 5. The molecule has 0 bridgehead atoms. The summed E-state index contributed by atoms with van der Waals surface area (Å²) < 4.78 is 17.5. The lowest BCUT2D eigenvalue weighted by Gasteiger charge is -2.63. The number of hydrogen-bond donors (Lipinski definition) is 3. The minimum absolute atomic E-state index is 0.109. The summed E-state index contributed by atoms with van der Waals surface area (Å²) in [5.41, 5.74) is 0.240. The zero-order valence-electron chi connectivity index (χ0n) is 20.2. The van der Waals surface area contributed by atoms with E-state index in [0.717, 1.165) is 44.9 Å². The summed E-state index contributed by atoms with van der Waals surface area (Å²) >= 11 is 0. The van der Waals surface area contributed by atoms with Gasteiger partial charge in [0.05, 0.1) is 12.2 Å². The third kappa shape index (κ3) is 4.40. The van der Waals surface area contributed by atoms with E-state index in [-0.39, 0.29) is 34.6 Å². The maximum atomic E-state index is 12.0. The molecule has 10 atom stereocenters. The lowest BCUT2D eigenvalue weighted by molar-refractivity contribution is -0.171. The lowest BCUT2D eigenvalue weighted by Crippen LogP contribution is -2.59. The summed E-state index contributed by atoms with van der Waals surface area (Å²) in [6, 6.07) is 0. The predicted molar refractivity (Wildman–Crippen MR) is 123 cm³/mol. The quantitative estimate of drug-likeness (QED) is 0.467. The molecule has 4 fully saturated rings. The molecule has 0 radical (unpaired) electrons. The van der Waals surface area contributed by atoms with E-state index < -0.39 is 13.9 Å². The van der Waals surface area contributed by atoms with Crippen LogP contribution in [0.25, 0.3) is 0 Å². The fraction of sp³-hybridized carbons (Fsp3) is 0.960. The highest BCUT2D eigenvalue weighted by Gasteiger charge is 2.63. The van der Waals surface area contributed by atoms with Gasteiger partial charge < -0.3 is 19.7 Å². The molecule has 4 rings (SSSR count). The monoisotopic (exact) mass is 470 g/mol. The second kappa shape index (κ2) is 8.75. The van der Waals surface area contributed by atoms with Gasteiger partial charge in [0.25, 0.3) is 0 Å². The van der Waals surface area contributed by atoms with E-state index in [1.165, 1.54) is 0 Å². The Bertz CT molecular complexity index is 766.